The second-order valence-corrected chi connectivity index (χ2v) is 4.60. The standard InChI is InChI=1S/C11H15ClF4N2O2/c1-2-3-18-9(7(12)4-17-18)8(19)5-20-6-11(15,16)10(13)14/h4,8,10,19H,2-3,5-6H2,1H3. The Morgan fingerprint density at radius 3 is 2.70 bits per heavy atom. The molecule has 0 spiro atoms. The van der Waals surface area contributed by atoms with Gasteiger partial charge < -0.3 is 9.84 Å². The molecule has 0 amide bonds. The Morgan fingerprint density at radius 1 is 1.50 bits per heavy atom. The quantitative estimate of drug-likeness (QED) is 0.750. The zero-order chi connectivity index (χ0) is 15.3. The molecule has 116 valence electrons. The first kappa shape index (κ1) is 17.2. The van der Waals surface area contributed by atoms with Crippen LogP contribution in [-0.4, -0.2) is 40.4 Å². The number of hydrogen-bond donors (Lipinski definition) is 1. The number of halogens is 5. The van der Waals surface area contributed by atoms with Crippen molar-refractivity contribution < 1.29 is 27.4 Å². The topological polar surface area (TPSA) is 47.3 Å². The molecule has 0 aliphatic carbocycles. The zero-order valence-corrected chi connectivity index (χ0v) is 11.5. The highest BCUT2D eigenvalue weighted by molar-refractivity contribution is 6.31. The Labute approximate surface area is 118 Å². The molecule has 1 aromatic rings. The van der Waals surface area contributed by atoms with Crippen LogP contribution in [0.2, 0.25) is 5.02 Å². The molecule has 0 saturated carbocycles. The maximum Gasteiger partial charge on any atom is 0.330 e. The van der Waals surface area contributed by atoms with Gasteiger partial charge in [0.25, 0.3) is 0 Å². The van der Waals surface area contributed by atoms with Crippen molar-refractivity contribution in [1.29, 1.82) is 0 Å². The molecule has 0 aliphatic heterocycles. The molecule has 0 saturated heterocycles. The van der Waals surface area contributed by atoms with Crippen molar-refractivity contribution in [2.45, 2.75) is 38.3 Å². The van der Waals surface area contributed by atoms with Crippen LogP contribution in [0.4, 0.5) is 17.6 Å². The number of rotatable bonds is 8. The first-order valence-electron chi connectivity index (χ1n) is 5.92. The van der Waals surface area contributed by atoms with E-state index in [-0.39, 0.29) is 10.7 Å². The van der Waals surface area contributed by atoms with E-state index in [1.54, 1.807) is 0 Å². The number of alkyl halides is 4. The Kier molecular flexibility index (Phi) is 6.22. The predicted molar refractivity (Wildman–Crippen MR) is 64.3 cm³/mol. The molecular weight excluding hydrogens is 304 g/mol. The number of nitrogens with zero attached hydrogens (tertiary/aromatic N) is 2. The van der Waals surface area contributed by atoms with Gasteiger partial charge in [-0.3, -0.25) is 4.68 Å². The summed E-state index contributed by atoms with van der Waals surface area (Å²) in [6.07, 6.45) is -3.09. The van der Waals surface area contributed by atoms with E-state index in [1.165, 1.54) is 10.9 Å². The van der Waals surface area contributed by atoms with Gasteiger partial charge in [-0.1, -0.05) is 18.5 Å². The number of aryl methyl sites for hydroxylation is 1. The van der Waals surface area contributed by atoms with Crippen LogP contribution in [-0.2, 0) is 11.3 Å². The van der Waals surface area contributed by atoms with Gasteiger partial charge in [-0.05, 0) is 6.42 Å². The summed E-state index contributed by atoms with van der Waals surface area (Å²) in [4.78, 5) is 0. The van der Waals surface area contributed by atoms with Crippen molar-refractivity contribution in [3.8, 4) is 0 Å². The third-order valence-corrected chi connectivity index (χ3v) is 2.76. The second-order valence-electron chi connectivity index (χ2n) is 4.19. The third-order valence-electron chi connectivity index (χ3n) is 2.47. The van der Waals surface area contributed by atoms with E-state index in [4.69, 9.17) is 11.6 Å². The lowest BCUT2D eigenvalue weighted by molar-refractivity contribution is -0.171. The fourth-order valence-corrected chi connectivity index (χ4v) is 1.81. The molecule has 1 atom stereocenters. The van der Waals surface area contributed by atoms with Crippen molar-refractivity contribution in [2.24, 2.45) is 0 Å². The van der Waals surface area contributed by atoms with E-state index in [0.29, 0.717) is 6.54 Å². The van der Waals surface area contributed by atoms with E-state index < -0.39 is 31.7 Å². The zero-order valence-electron chi connectivity index (χ0n) is 10.7. The van der Waals surface area contributed by atoms with Crippen LogP contribution in [0.25, 0.3) is 0 Å². The molecule has 1 aromatic heterocycles. The van der Waals surface area contributed by atoms with Crippen molar-refractivity contribution in [2.75, 3.05) is 13.2 Å². The minimum atomic E-state index is -4.24. The molecule has 0 fully saturated rings. The molecule has 20 heavy (non-hydrogen) atoms. The smallest absolute Gasteiger partial charge is 0.330 e. The SMILES string of the molecule is CCCn1ncc(Cl)c1C(O)COCC(F)(F)C(F)F. The van der Waals surface area contributed by atoms with Gasteiger partial charge in [-0.2, -0.15) is 13.9 Å². The molecule has 0 bridgehead atoms. The van der Waals surface area contributed by atoms with E-state index >= 15 is 0 Å². The Morgan fingerprint density at radius 2 is 2.15 bits per heavy atom. The van der Waals surface area contributed by atoms with Gasteiger partial charge in [-0.25, -0.2) is 8.78 Å². The van der Waals surface area contributed by atoms with Crippen LogP contribution in [0.5, 0.6) is 0 Å². The minimum absolute atomic E-state index is 0.162. The molecule has 1 N–H and O–H groups in total. The van der Waals surface area contributed by atoms with Crippen molar-refractivity contribution in [3.05, 3.63) is 16.9 Å². The number of aliphatic hydroxyl groups is 1. The van der Waals surface area contributed by atoms with E-state index in [0.717, 1.165) is 6.42 Å². The van der Waals surface area contributed by atoms with Crippen LogP contribution in [0.3, 0.4) is 0 Å². The van der Waals surface area contributed by atoms with Crippen LogP contribution in [0.1, 0.15) is 25.1 Å². The molecule has 0 aromatic carbocycles. The molecule has 1 unspecified atom stereocenters. The summed E-state index contributed by atoms with van der Waals surface area (Å²) in [5.41, 5.74) is 0.217. The molecule has 9 heteroatoms. The monoisotopic (exact) mass is 318 g/mol. The lowest BCUT2D eigenvalue weighted by atomic mass is 10.2. The van der Waals surface area contributed by atoms with E-state index in [2.05, 4.69) is 9.84 Å². The van der Waals surface area contributed by atoms with Crippen LogP contribution in [0.15, 0.2) is 6.20 Å². The van der Waals surface area contributed by atoms with Gasteiger partial charge in [0.05, 0.1) is 23.5 Å². The van der Waals surface area contributed by atoms with Crippen molar-refractivity contribution in [3.63, 3.8) is 0 Å². The summed E-state index contributed by atoms with van der Waals surface area (Å²) in [6, 6.07) is 0. The third kappa shape index (κ3) is 4.32. The fraction of sp³-hybridized carbons (Fsp3) is 0.727. The van der Waals surface area contributed by atoms with Crippen LogP contribution in [0, 0.1) is 0 Å². The van der Waals surface area contributed by atoms with Gasteiger partial charge in [0, 0.05) is 6.54 Å². The molecule has 0 aliphatic rings. The summed E-state index contributed by atoms with van der Waals surface area (Å²) >= 11 is 5.83. The Bertz CT molecular complexity index is 429. The molecule has 4 nitrogen and oxygen atoms in total. The second kappa shape index (κ2) is 7.24. The van der Waals surface area contributed by atoms with Crippen LogP contribution >= 0.6 is 11.6 Å². The summed E-state index contributed by atoms with van der Waals surface area (Å²) in [6.45, 7) is 0.316. The fourth-order valence-electron chi connectivity index (χ4n) is 1.54. The summed E-state index contributed by atoms with van der Waals surface area (Å²) in [5.74, 6) is -4.24. The summed E-state index contributed by atoms with van der Waals surface area (Å²) < 4.78 is 54.9. The Hall–Kier alpha value is -0.860. The number of aliphatic hydroxyl groups excluding tert-OH is 1. The van der Waals surface area contributed by atoms with E-state index in [9.17, 15) is 22.7 Å². The first-order chi connectivity index (χ1) is 9.29. The van der Waals surface area contributed by atoms with E-state index in [1.807, 2.05) is 6.92 Å². The van der Waals surface area contributed by atoms with Crippen LogP contribution < -0.4 is 0 Å². The van der Waals surface area contributed by atoms with Gasteiger partial charge in [-0.15, -0.1) is 0 Å². The first-order valence-corrected chi connectivity index (χ1v) is 6.30. The normalized spacial score (nSPS) is 14.0. The van der Waals surface area contributed by atoms with Gasteiger partial charge in [0.2, 0.25) is 0 Å². The van der Waals surface area contributed by atoms with Crippen molar-refractivity contribution in [1.82, 2.24) is 9.78 Å². The van der Waals surface area contributed by atoms with Gasteiger partial charge >= 0.3 is 12.3 Å². The molecular formula is C11H15ClF4N2O2. The highest BCUT2D eigenvalue weighted by atomic mass is 35.5. The maximum atomic E-state index is 12.6. The summed E-state index contributed by atoms with van der Waals surface area (Å²) in [5, 5.41) is 13.9. The number of hydrogen-bond acceptors (Lipinski definition) is 3. The summed E-state index contributed by atoms with van der Waals surface area (Å²) in [7, 11) is 0. The van der Waals surface area contributed by atoms with Gasteiger partial charge in [0.1, 0.15) is 12.7 Å². The average Bonchev–Trinajstić information content (AvgIpc) is 2.70. The average molecular weight is 319 g/mol. The maximum absolute atomic E-state index is 12.6. The number of aromatic nitrogens is 2. The van der Waals surface area contributed by atoms with Crippen molar-refractivity contribution >= 4 is 11.6 Å². The molecule has 0 radical (unpaired) electrons. The molecule has 1 rings (SSSR count). The highest BCUT2D eigenvalue weighted by Crippen LogP contribution is 2.26. The Balaban J connectivity index is 2.59. The predicted octanol–water partition coefficient (Wildman–Crippen LogP) is 2.90. The molecule has 1 heterocycles. The highest BCUT2D eigenvalue weighted by Gasteiger charge is 2.41. The lowest BCUT2D eigenvalue weighted by Crippen LogP contribution is -2.33. The largest absolute Gasteiger partial charge is 0.384 e. The lowest BCUT2D eigenvalue weighted by Gasteiger charge is -2.18. The van der Waals surface area contributed by atoms with Gasteiger partial charge in [0.15, 0.2) is 0 Å². The number of ether oxygens (including phenoxy) is 1. The minimum Gasteiger partial charge on any atom is -0.384 e.